The number of aromatic nitrogens is 2. The van der Waals surface area contributed by atoms with Crippen LogP contribution in [0.2, 0.25) is 5.15 Å². The summed E-state index contributed by atoms with van der Waals surface area (Å²) in [5.74, 6) is -0.349. The summed E-state index contributed by atoms with van der Waals surface area (Å²) in [6, 6.07) is 11.5. The van der Waals surface area contributed by atoms with Gasteiger partial charge in [-0.3, -0.25) is 9.20 Å². The van der Waals surface area contributed by atoms with Crippen LogP contribution in [-0.4, -0.2) is 21.3 Å². The largest absolute Gasteiger partial charge is 0.351 e. The number of hydrogen-bond donors (Lipinski definition) is 3. The van der Waals surface area contributed by atoms with Crippen molar-refractivity contribution in [1.82, 2.24) is 9.38 Å². The number of anilines is 2. The Labute approximate surface area is 148 Å². The monoisotopic (exact) mass is 355 g/mol. The van der Waals surface area contributed by atoms with E-state index in [1.165, 1.54) is 6.08 Å². The summed E-state index contributed by atoms with van der Waals surface area (Å²) in [5.41, 5.74) is 7.37. The molecule has 1 aromatic carbocycles. The molecule has 0 aliphatic rings. The normalized spacial score (nSPS) is 10.9. The topological polar surface area (TPSA) is 102 Å². The number of rotatable bonds is 4. The van der Waals surface area contributed by atoms with Gasteiger partial charge in [0.1, 0.15) is 5.65 Å². The van der Waals surface area contributed by atoms with E-state index in [2.05, 4.69) is 15.6 Å². The van der Waals surface area contributed by atoms with Gasteiger partial charge < -0.3 is 16.4 Å². The van der Waals surface area contributed by atoms with Gasteiger partial charge in [-0.1, -0.05) is 23.7 Å². The lowest BCUT2D eigenvalue weighted by atomic mass is 10.2. The minimum absolute atomic E-state index is 0.308. The Kier molecular flexibility index (Phi) is 4.67. The number of carbonyl (C=O) groups excluding carboxylic acids is 2. The minimum Gasteiger partial charge on any atom is -0.351 e. The average molecular weight is 356 g/mol. The number of carbonyl (C=O) groups is 2. The highest BCUT2D eigenvalue weighted by atomic mass is 35.5. The molecule has 7 nitrogen and oxygen atoms in total. The number of pyridine rings is 1. The van der Waals surface area contributed by atoms with Crippen molar-refractivity contribution in [1.29, 1.82) is 0 Å². The van der Waals surface area contributed by atoms with Crippen molar-refractivity contribution in [3.05, 3.63) is 65.6 Å². The average Bonchev–Trinajstić information content (AvgIpc) is 2.88. The maximum absolute atomic E-state index is 12.1. The Hall–Kier alpha value is -3.32. The van der Waals surface area contributed by atoms with Gasteiger partial charge in [-0.05, 0) is 36.4 Å². The summed E-state index contributed by atoms with van der Waals surface area (Å²) in [6.07, 6.45) is 4.75. The van der Waals surface area contributed by atoms with Gasteiger partial charge in [0.2, 0.25) is 5.91 Å². The van der Waals surface area contributed by atoms with Crippen LogP contribution in [0.1, 0.15) is 5.69 Å². The third kappa shape index (κ3) is 3.96. The molecule has 25 heavy (non-hydrogen) atoms. The molecule has 2 aromatic heterocycles. The van der Waals surface area contributed by atoms with E-state index in [0.29, 0.717) is 27.9 Å². The van der Waals surface area contributed by atoms with E-state index in [0.717, 1.165) is 0 Å². The third-order valence-electron chi connectivity index (χ3n) is 3.31. The van der Waals surface area contributed by atoms with Gasteiger partial charge in [0.25, 0.3) is 0 Å². The zero-order valence-electron chi connectivity index (χ0n) is 12.9. The number of amides is 3. The molecule has 0 radical (unpaired) electrons. The van der Waals surface area contributed by atoms with Crippen molar-refractivity contribution >= 4 is 46.6 Å². The first-order valence-electron chi connectivity index (χ1n) is 7.31. The number of benzene rings is 1. The molecule has 0 spiro atoms. The van der Waals surface area contributed by atoms with Crippen LogP contribution in [-0.2, 0) is 4.79 Å². The van der Waals surface area contributed by atoms with Crippen LogP contribution in [0.5, 0.6) is 0 Å². The molecule has 0 saturated carbocycles. The van der Waals surface area contributed by atoms with E-state index in [-0.39, 0.29) is 5.91 Å². The third-order valence-corrected chi connectivity index (χ3v) is 3.59. The van der Waals surface area contributed by atoms with E-state index < -0.39 is 6.03 Å². The summed E-state index contributed by atoms with van der Waals surface area (Å²) < 4.78 is 1.78. The fraction of sp³-hybridized carbons (Fsp3) is 0. The molecule has 0 atom stereocenters. The second-order valence-electron chi connectivity index (χ2n) is 5.11. The lowest BCUT2D eigenvalue weighted by molar-refractivity contribution is -0.111. The van der Waals surface area contributed by atoms with Gasteiger partial charge in [0.05, 0.1) is 5.69 Å². The summed E-state index contributed by atoms with van der Waals surface area (Å²) in [5, 5.41) is 5.44. The Bertz CT molecular complexity index is 980. The number of imidazole rings is 1. The second kappa shape index (κ2) is 7.06. The molecule has 0 aliphatic carbocycles. The van der Waals surface area contributed by atoms with Crippen LogP contribution in [0, 0.1) is 0 Å². The van der Waals surface area contributed by atoms with Crippen LogP contribution in [0.25, 0.3) is 11.7 Å². The molecule has 0 saturated heterocycles. The van der Waals surface area contributed by atoms with Gasteiger partial charge in [0.15, 0.2) is 5.15 Å². The number of fused-ring (bicyclic) bond motifs is 1. The van der Waals surface area contributed by atoms with Crippen molar-refractivity contribution in [2.75, 3.05) is 10.6 Å². The Morgan fingerprint density at radius 2 is 1.88 bits per heavy atom. The van der Waals surface area contributed by atoms with Gasteiger partial charge in [-0.25, -0.2) is 9.78 Å². The van der Waals surface area contributed by atoms with Crippen molar-refractivity contribution in [2.45, 2.75) is 0 Å². The number of hydrogen-bond acceptors (Lipinski definition) is 3. The fourth-order valence-corrected chi connectivity index (χ4v) is 2.53. The highest BCUT2D eigenvalue weighted by Crippen LogP contribution is 2.19. The standard InChI is InChI=1S/C17H14ClN5O2/c18-16-13(23-9-2-1-6-14(23)22-16)7-8-15(24)20-11-4-3-5-12(10-11)21-17(19)25/h1-10H,(H,20,24)(H3,19,21,25)/b8-7+. The number of urea groups is 1. The van der Waals surface area contributed by atoms with Crippen LogP contribution in [0.15, 0.2) is 54.7 Å². The smallest absolute Gasteiger partial charge is 0.316 e. The molecule has 4 N–H and O–H groups in total. The molecule has 0 fully saturated rings. The minimum atomic E-state index is -0.675. The highest BCUT2D eigenvalue weighted by molar-refractivity contribution is 6.31. The quantitative estimate of drug-likeness (QED) is 0.626. The molecular formula is C17H14ClN5O2. The van der Waals surface area contributed by atoms with Crippen LogP contribution >= 0.6 is 11.6 Å². The van der Waals surface area contributed by atoms with E-state index in [4.69, 9.17) is 17.3 Å². The first-order valence-corrected chi connectivity index (χ1v) is 7.69. The summed E-state index contributed by atoms with van der Waals surface area (Å²) in [7, 11) is 0. The maximum Gasteiger partial charge on any atom is 0.316 e. The number of halogens is 1. The highest BCUT2D eigenvalue weighted by Gasteiger charge is 2.07. The first-order chi connectivity index (χ1) is 12.0. The maximum atomic E-state index is 12.1. The molecule has 0 aliphatic heterocycles. The summed E-state index contributed by atoms with van der Waals surface area (Å²) in [4.78, 5) is 27.2. The van der Waals surface area contributed by atoms with Gasteiger partial charge in [0, 0.05) is 23.6 Å². The van der Waals surface area contributed by atoms with Crippen LogP contribution in [0.4, 0.5) is 16.2 Å². The zero-order valence-corrected chi connectivity index (χ0v) is 13.7. The summed E-state index contributed by atoms with van der Waals surface area (Å²) in [6.45, 7) is 0. The van der Waals surface area contributed by atoms with Gasteiger partial charge in [-0.15, -0.1) is 0 Å². The SMILES string of the molecule is NC(=O)Nc1cccc(NC(=O)/C=C/c2c(Cl)nc3ccccn23)c1. The summed E-state index contributed by atoms with van der Waals surface area (Å²) >= 11 is 6.11. The molecule has 3 rings (SSSR count). The number of primary amides is 1. The molecular weight excluding hydrogens is 342 g/mol. The predicted molar refractivity (Wildman–Crippen MR) is 97.5 cm³/mol. The molecule has 0 bridgehead atoms. The molecule has 2 heterocycles. The molecule has 126 valence electrons. The van der Waals surface area contributed by atoms with Crippen molar-refractivity contribution in [2.24, 2.45) is 5.73 Å². The van der Waals surface area contributed by atoms with Gasteiger partial charge >= 0.3 is 6.03 Å². The van der Waals surface area contributed by atoms with Crippen molar-refractivity contribution in [3.63, 3.8) is 0 Å². The van der Waals surface area contributed by atoms with E-state index >= 15 is 0 Å². The Morgan fingerprint density at radius 1 is 1.12 bits per heavy atom. The number of nitrogens with one attached hydrogen (secondary N) is 2. The lowest BCUT2D eigenvalue weighted by Crippen LogP contribution is -2.19. The Morgan fingerprint density at radius 3 is 2.64 bits per heavy atom. The fourth-order valence-electron chi connectivity index (χ4n) is 2.29. The first kappa shape index (κ1) is 16.5. The predicted octanol–water partition coefficient (Wildman–Crippen LogP) is 3.13. The molecule has 8 heteroatoms. The van der Waals surface area contributed by atoms with E-state index in [1.54, 1.807) is 34.7 Å². The molecule has 0 unspecified atom stereocenters. The lowest BCUT2D eigenvalue weighted by Gasteiger charge is -2.05. The molecule has 3 amide bonds. The van der Waals surface area contributed by atoms with E-state index in [9.17, 15) is 9.59 Å². The number of nitrogens with two attached hydrogens (primary N) is 1. The zero-order chi connectivity index (χ0) is 17.8. The molecule has 3 aromatic rings. The second-order valence-corrected chi connectivity index (χ2v) is 5.47. The van der Waals surface area contributed by atoms with E-state index in [1.807, 2.05) is 24.4 Å². The van der Waals surface area contributed by atoms with Gasteiger partial charge in [-0.2, -0.15) is 0 Å². The van der Waals surface area contributed by atoms with Crippen molar-refractivity contribution < 1.29 is 9.59 Å². The van der Waals surface area contributed by atoms with Crippen LogP contribution < -0.4 is 16.4 Å². The van der Waals surface area contributed by atoms with Crippen molar-refractivity contribution in [3.8, 4) is 0 Å². The number of nitrogens with zero attached hydrogens (tertiary/aromatic N) is 2. The Balaban J connectivity index is 1.75. The van der Waals surface area contributed by atoms with Crippen LogP contribution in [0.3, 0.4) is 0 Å².